The molecule has 0 aromatic rings. The Morgan fingerprint density at radius 3 is 2.17 bits per heavy atom. The molecule has 0 saturated carbocycles. The number of carbonyl (C=O) groups excluding carboxylic acids is 2. The van der Waals surface area contributed by atoms with Gasteiger partial charge in [0.2, 0.25) is 0 Å². The molecule has 0 heterocycles. The van der Waals surface area contributed by atoms with Crippen molar-refractivity contribution in [3.63, 3.8) is 0 Å². The van der Waals surface area contributed by atoms with Crippen LogP contribution < -0.4 is 5.32 Å². The number of rotatable bonds is 6. The second-order valence-corrected chi connectivity index (χ2v) is 6.22. The molecule has 0 spiro atoms. The molecule has 0 aliphatic heterocycles. The lowest BCUT2D eigenvalue weighted by atomic mass is 9.87. The second kappa shape index (κ2) is 6.73. The minimum atomic E-state index is -0.513. The highest BCUT2D eigenvalue weighted by Crippen LogP contribution is 2.21. The number of hydrogen-bond donors (Lipinski definition) is 2. The van der Waals surface area contributed by atoms with Gasteiger partial charge in [0, 0.05) is 13.0 Å². The molecule has 0 unspecified atom stereocenters. The summed E-state index contributed by atoms with van der Waals surface area (Å²) in [6.45, 7) is 9.33. The lowest BCUT2D eigenvalue weighted by Gasteiger charge is -2.26. The van der Waals surface area contributed by atoms with E-state index in [-0.39, 0.29) is 11.2 Å². The minimum absolute atomic E-state index is 0.180. The van der Waals surface area contributed by atoms with Crippen LogP contribution in [0.25, 0.3) is 0 Å². The van der Waals surface area contributed by atoms with E-state index in [1.807, 2.05) is 13.8 Å². The Kier molecular flexibility index (Phi) is 6.32. The van der Waals surface area contributed by atoms with Crippen molar-refractivity contribution in [3.8, 4) is 0 Å². The van der Waals surface area contributed by atoms with Gasteiger partial charge in [-0.3, -0.25) is 4.79 Å². The molecule has 0 radical (unpaired) electrons. The number of ketones is 1. The summed E-state index contributed by atoms with van der Waals surface area (Å²) in [7, 11) is 0. The molecule has 2 N–H and O–H groups in total. The maximum atomic E-state index is 11.5. The predicted octanol–water partition coefficient (Wildman–Crippen LogP) is 1.88. The highest BCUT2D eigenvalue weighted by atomic mass is 16.6. The smallest absolute Gasteiger partial charge is 0.407 e. The van der Waals surface area contributed by atoms with Crippen molar-refractivity contribution in [3.05, 3.63) is 0 Å². The van der Waals surface area contributed by atoms with Crippen LogP contribution in [-0.2, 0) is 9.53 Å². The van der Waals surface area contributed by atoms with E-state index in [1.54, 1.807) is 20.8 Å². The third kappa shape index (κ3) is 8.98. The average molecular weight is 259 g/mol. The molecule has 5 nitrogen and oxygen atoms in total. The lowest BCUT2D eigenvalue weighted by molar-refractivity contribution is -0.122. The van der Waals surface area contributed by atoms with Crippen molar-refractivity contribution < 1.29 is 19.4 Å². The zero-order chi connectivity index (χ0) is 14.4. The fraction of sp³-hybridized carbons (Fsp3) is 0.846. The van der Waals surface area contributed by atoms with E-state index in [9.17, 15) is 9.59 Å². The van der Waals surface area contributed by atoms with E-state index in [2.05, 4.69) is 5.32 Å². The van der Waals surface area contributed by atoms with Gasteiger partial charge in [0.25, 0.3) is 0 Å². The summed E-state index contributed by atoms with van der Waals surface area (Å²) in [6.07, 6.45) is 0.478. The van der Waals surface area contributed by atoms with Crippen molar-refractivity contribution >= 4 is 11.9 Å². The van der Waals surface area contributed by atoms with Gasteiger partial charge >= 0.3 is 6.09 Å². The summed E-state index contributed by atoms with van der Waals surface area (Å²) in [5.74, 6) is -0.180. The molecule has 0 aliphatic rings. The third-order valence-electron chi connectivity index (χ3n) is 2.37. The molecule has 1 amide bonds. The molecule has 0 rings (SSSR count). The number of hydrogen-bond acceptors (Lipinski definition) is 4. The van der Waals surface area contributed by atoms with Gasteiger partial charge in [0.1, 0.15) is 12.2 Å². The van der Waals surface area contributed by atoms with Gasteiger partial charge in [0.05, 0.1) is 0 Å². The Balaban J connectivity index is 4.03. The van der Waals surface area contributed by atoms with Crippen molar-refractivity contribution in [2.75, 3.05) is 13.2 Å². The number of aliphatic hydroxyl groups is 1. The van der Waals surface area contributed by atoms with Crippen molar-refractivity contribution in [2.45, 2.75) is 53.1 Å². The van der Waals surface area contributed by atoms with Crippen LogP contribution in [-0.4, -0.2) is 35.7 Å². The van der Waals surface area contributed by atoms with E-state index in [1.165, 1.54) is 0 Å². The first-order chi connectivity index (χ1) is 8.06. The molecule has 0 aromatic heterocycles. The van der Waals surface area contributed by atoms with Gasteiger partial charge in [-0.15, -0.1) is 0 Å². The highest BCUT2D eigenvalue weighted by molar-refractivity contribution is 5.79. The first-order valence-electron chi connectivity index (χ1n) is 6.15. The molecule has 106 valence electrons. The van der Waals surface area contributed by atoms with Crippen LogP contribution in [0.2, 0.25) is 0 Å². The standard InChI is InChI=1S/C13H25NO4/c1-12(2,3)18-11(17)14-9-13(4,5)7-6-10(16)8-15/h15H,6-9H2,1-5H3,(H,14,17). The van der Waals surface area contributed by atoms with Gasteiger partial charge < -0.3 is 15.2 Å². The van der Waals surface area contributed by atoms with E-state index >= 15 is 0 Å². The fourth-order valence-electron chi connectivity index (χ4n) is 1.27. The Morgan fingerprint density at radius 1 is 1.17 bits per heavy atom. The SMILES string of the molecule is CC(C)(CCC(=O)CO)CNC(=O)OC(C)(C)C. The number of nitrogens with one attached hydrogen (secondary N) is 1. The molecule has 0 fully saturated rings. The molecule has 0 bridgehead atoms. The third-order valence-corrected chi connectivity index (χ3v) is 2.37. The normalized spacial score (nSPS) is 12.1. The zero-order valence-corrected chi connectivity index (χ0v) is 12.0. The molecule has 0 aliphatic carbocycles. The summed E-state index contributed by atoms with van der Waals surface area (Å²) in [6, 6.07) is 0. The number of ether oxygens (including phenoxy) is 1. The van der Waals surface area contributed by atoms with Crippen LogP contribution in [0.5, 0.6) is 0 Å². The number of alkyl carbamates (subject to hydrolysis) is 1. The second-order valence-electron chi connectivity index (χ2n) is 6.22. The average Bonchev–Trinajstić information content (AvgIpc) is 2.21. The quantitative estimate of drug-likeness (QED) is 0.763. The topological polar surface area (TPSA) is 75.6 Å². The fourth-order valence-corrected chi connectivity index (χ4v) is 1.27. The predicted molar refractivity (Wildman–Crippen MR) is 69.3 cm³/mol. The van der Waals surface area contributed by atoms with Crippen LogP contribution in [0.15, 0.2) is 0 Å². The summed E-state index contributed by atoms with van der Waals surface area (Å²) >= 11 is 0. The molecular weight excluding hydrogens is 234 g/mol. The van der Waals surface area contributed by atoms with Gasteiger partial charge in [-0.1, -0.05) is 13.8 Å². The van der Waals surface area contributed by atoms with E-state index < -0.39 is 18.3 Å². The van der Waals surface area contributed by atoms with Gasteiger partial charge in [-0.25, -0.2) is 4.79 Å². The maximum absolute atomic E-state index is 11.5. The lowest BCUT2D eigenvalue weighted by Crippen LogP contribution is -2.38. The van der Waals surface area contributed by atoms with Crippen LogP contribution in [0, 0.1) is 5.41 Å². The van der Waals surface area contributed by atoms with E-state index in [4.69, 9.17) is 9.84 Å². The van der Waals surface area contributed by atoms with Crippen molar-refractivity contribution in [2.24, 2.45) is 5.41 Å². The Hall–Kier alpha value is -1.10. The van der Waals surface area contributed by atoms with Crippen molar-refractivity contribution in [1.82, 2.24) is 5.32 Å². The highest BCUT2D eigenvalue weighted by Gasteiger charge is 2.22. The van der Waals surface area contributed by atoms with Crippen molar-refractivity contribution in [1.29, 1.82) is 0 Å². The summed E-state index contributed by atoms with van der Waals surface area (Å²) < 4.78 is 5.12. The Labute approximate surface area is 109 Å². The molecular formula is C13H25NO4. The van der Waals surface area contributed by atoms with Crippen LogP contribution in [0.3, 0.4) is 0 Å². The number of amides is 1. The number of Topliss-reactive ketones (excluding diaryl/α,β-unsaturated/α-hetero) is 1. The maximum Gasteiger partial charge on any atom is 0.407 e. The largest absolute Gasteiger partial charge is 0.444 e. The first-order valence-corrected chi connectivity index (χ1v) is 6.15. The van der Waals surface area contributed by atoms with Crippen LogP contribution in [0.4, 0.5) is 4.79 Å². The molecule has 0 aromatic carbocycles. The number of aliphatic hydroxyl groups excluding tert-OH is 1. The molecule has 5 heteroatoms. The van der Waals surface area contributed by atoms with E-state index in [0.717, 1.165) is 0 Å². The summed E-state index contributed by atoms with van der Waals surface area (Å²) in [5.41, 5.74) is -0.719. The van der Waals surface area contributed by atoms with Gasteiger partial charge in [-0.2, -0.15) is 0 Å². The first kappa shape index (κ1) is 16.9. The molecule has 0 saturated heterocycles. The summed E-state index contributed by atoms with van der Waals surface area (Å²) in [5, 5.41) is 11.3. The van der Waals surface area contributed by atoms with Gasteiger partial charge in [0.15, 0.2) is 5.78 Å². The van der Waals surface area contributed by atoms with Crippen LogP contribution in [0.1, 0.15) is 47.5 Å². The van der Waals surface area contributed by atoms with Gasteiger partial charge in [-0.05, 0) is 32.6 Å². The molecule has 0 atom stereocenters. The minimum Gasteiger partial charge on any atom is -0.444 e. The Bertz CT molecular complexity index is 292. The number of carbonyl (C=O) groups is 2. The Morgan fingerprint density at radius 2 is 1.72 bits per heavy atom. The summed E-state index contributed by atoms with van der Waals surface area (Å²) in [4.78, 5) is 22.5. The zero-order valence-electron chi connectivity index (χ0n) is 12.0. The monoisotopic (exact) mass is 259 g/mol. The van der Waals surface area contributed by atoms with E-state index in [0.29, 0.717) is 19.4 Å². The van der Waals surface area contributed by atoms with Crippen LogP contribution >= 0.6 is 0 Å². The molecule has 18 heavy (non-hydrogen) atoms.